The number of carbonyl (C=O) groups excluding carboxylic acids is 1. The van der Waals surface area contributed by atoms with Crippen LogP contribution in [-0.4, -0.2) is 11.7 Å². The first-order chi connectivity index (χ1) is 13.1. The fraction of sp³-hybridized carbons (Fsp3) is 0.0909. The number of amidine groups is 1. The predicted molar refractivity (Wildman–Crippen MR) is 106 cm³/mol. The smallest absolute Gasteiger partial charge is 0.296 e. The monoisotopic (exact) mass is 357 g/mol. The van der Waals surface area contributed by atoms with E-state index in [9.17, 15) is 4.79 Å². The number of carbonyl (C=O) groups is 1. The van der Waals surface area contributed by atoms with Crippen molar-refractivity contribution in [1.29, 1.82) is 0 Å². The topological polar surface area (TPSA) is 57.8 Å². The second kappa shape index (κ2) is 6.96. The van der Waals surface area contributed by atoms with Crippen molar-refractivity contribution in [3.8, 4) is 0 Å². The number of amides is 1. The summed E-state index contributed by atoms with van der Waals surface area (Å²) in [4.78, 5) is 17.8. The van der Waals surface area contributed by atoms with Crippen molar-refractivity contribution in [2.45, 2.75) is 13.8 Å². The molecule has 0 aliphatic carbocycles. The Hall–Kier alpha value is -3.60. The minimum atomic E-state index is -0.229. The van der Waals surface area contributed by atoms with Crippen molar-refractivity contribution in [2.24, 2.45) is 4.99 Å². The molecule has 1 aliphatic rings. The maximum Gasteiger partial charge on any atom is 0.296 e. The van der Waals surface area contributed by atoms with Crippen LogP contribution in [0.2, 0.25) is 0 Å². The lowest BCUT2D eigenvalue weighted by atomic mass is 10.1. The average molecular weight is 357 g/mol. The molecule has 2 heterocycles. The molecule has 0 saturated carbocycles. The lowest BCUT2D eigenvalue weighted by molar-refractivity contribution is -0.115. The molecule has 2 aromatic carbocycles. The molecule has 0 unspecified atom stereocenters. The quantitative estimate of drug-likeness (QED) is 0.710. The van der Waals surface area contributed by atoms with Crippen molar-refractivity contribution in [3.63, 3.8) is 0 Å². The Labute approximate surface area is 157 Å². The van der Waals surface area contributed by atoms with Crippen molar-refractivity contribution < 1.29 is 9.21 Å². The number of hydrogen-bond acceptors (Lipinski definition) is 4. The lowest BCUT2D eigenvalue weighted by Crippen LogP contribution is -2.50. The molecule has 0 spiro atoms. The Morgan fingerprint density at radius 2 is 1.63 bits per heavy atom. The van der Waals surface area contributed by atoms with Crippen LogP contribution in [0.25, 0.3) is 5.57 Å². The van der Waals surface area contributed by atoms with E-state index in [1.807, 2.05) is 86.6 Å². The van der Waals surface area contributed by atoms with Gasteiger partial charge in [0.25, 0.3) is 5.91 Å². The molecule has 5 nitrogen and oxygen atoms in total. The standard InChI is InChI=1S/C22H19N3O2/c1-15-13-14-19(27-15)16(2)20-22(26)25(18-11-7-4-8-12-18)24-21(23-20)17-9-5-3-6-10-17/h3-14H,1-2H3,(H,23,24)/b20-16+. The van der Waals surface area contributed by atoms with Crippen LogP contribution in [0.15, 0.2) is 87.9 Å². The van der Waals surface area contributed by atoms with E-state index in [1.54, 1.807) is 0 Å². The van der Waals surface area contributed by atoms with Gasteiger partial charge in [0.2, 0.25) is 0 Å². The molecule has 0 fully saturated rings. The summed E-state index contributed by atoms with van der Waals surface area (Å²) in [6, 6.07) is 22.9. The van der Waals surface area contributed by atoms with E-state index < -0.39 is 0 Å². The number of aryl methyl sites for hydroxylation is 1. The Morgan fingerprint density at radius 1 is 0.963 bits per heavy atom. The normalized spacial score (nSPS) is 16.0. The van der Waals surface area contributed by atoms with E-state index in [0.29, 0.717) is 22.9 Å². The van der Waals surface area contributed by atoms with Crippen LogP contribution in [0.4, 0.5) is 5.69 Å². The number of furan rings is 1. The summed E-state index contributed by atoms with van der Waals surface area (Å²) in [5, 5.41) is 1.52. The number of rotatable bonds is 3. The number of benzene rings is 2. The maximum absolute atomic E-state index is 13.2. The minimum Gasteiger partial charge on any atom is -0.462 e. The molecule has 0 atom stereocenters. The number of hydrazine groups is 1. The highest BCUT2D eigenvalue weighted by Gasteiger charge is 2.29. The fourth-order valence-corrected chi connectivity index (χ4v) is 2.93. The number of allylic oxidation sites excluding steroid dienone is 1. The Bertz CT molecular complexity index is 1030. The summed E-state index contributed by atoms with van der Waals surface area (Å²) in [5.74, 6) is 1.81. The molecule has 4 rings (SSSR count). The number of nitrogens with zero attached hydrogens (tertiary/aromatic N) is 2. The molecule has 1 amide bonds. The molecular formula is C22H19N3O2. The van der Waals surface area contributed by atoms with Gasteiger partial charge in [-0.15, -0.1) is 0 Å². The van der Waals surface area contributed by atoms with E-state index in [-0.39, 0.29) is 5.91 Å². The van der Waals surface area contributed by atoms with E-state index in [2.05, 4.69) is 10.4 Å². The summed E-state index contributed by atoms with van der Waals surface area (Å²) in [5.41, 5.74) is 5.83. The average Bonchev–Trinajstić information content (AvgIpc) is 3.15. The summed E-state index contributed by atoms with van der Waals surface area (Å²) in [6.45, 7) is 3.73. The number of nitrogens with one attached hydrogen (secondary N) is 1. The van der Waals surface area contributed by atoms with Crippen LogP contribution < -0.4 is 10.4 Å². The Balaban J connectivity index is 1.86. The van der Waals surface area contributed by atoms with Gasteiger partial charge in [-0.1, -0.05) is 48.5 Å². The highest BCUT2D eigenvalue weighted by atomic mass is 16.3. The SMILES string of the molecule is C/C(=C1\N=C(c2ccccc2)NN(c2ccccc2)C1=O)c1ccc(C)o1. The third kappa shape index (κ3) is 3.27. The largest absolute Gasteiger partial charge is 0.462 e. The summed E-state index contributed by atoms with van der Waals surface area (Å²) >= 11 is 0. The van der Waals surface area contributed by atoms with Crippen LogP contribution in [0.5, 0.6) is 0 Å². The number of aliphatic imine (C=N–C) groups is 1. The number of hydrogen-bond donors (Lipinski definition) is 1. The molecule has 134 valence electrons. The van der Waals surface area contributed by atoms with Gasteiger partial charge >= 0.3 is 0 Å². The molecule has 1 N–H and O–H groups in total. The summed E-state index contributed by atoms with van der Waals surface area (Å²) in [7, 11) is 0. The van der Waals surface area contributed by atoms with Crippen molar-refractivity contribution in [3.05, 3.63) is 95.6 Å². The maximum atomic E-state index is 13.2. The Morgan fingerprint density at radius 3 is 2.26 bits per heavy atom. The highest BCUT2D eigenvalue weighted by molar-refractivity contribution is 6.17. The number of anilines is 1. The van der Waals surface area contributed by atoms with E-state index in [1.165, 1.54) is 5.01 Å². The second-order valence-electron chi connectivity index (χ2n) is 6.30. The molecule has 0 bridgehead atoms. The molecule has 0 radical (unpaired) electrons. The molecular weight excluding hydrogens is 338 g/mol. The zero-order chi connectivity index (χ0) is 18.8. The third-order valence-corrected chi connectivity index (χ3v) is 4.37. The zero-order valence-corrected chi connectivity index (χ0v) is 15.1. The van der Waals surface area contributed by atoms with Gasteiger partial charge in [0.1, 0.15) is 17.2 Å². The summed E-state index contributed by atoms with van der Waals surface area (Å²) in [6.07, 6.45) is 0. The van der Waals surface area contributed by atoms with Crippen molar-refractivity contribution >= 4 is 23.0 Å². The van der Waals surface area contributed by atoms with E-state index >= 15 is 0 Å². The van der Waals surface area contributed by atoms with Gasteiger partial charge in [-0.25, -0.2) is 10.0 Å². The third-order valence-electron chi connectivity index (χ3n) is 4.37. The van der Waals surface area contributed by atoms with Crippen LogP contribution in [0.1, 0.15) is 24.0 Å². The van der Waals surface area contributed by atoms with Gasteiger partial charge in [0.15, 0.2) is 5.84 Å². The highest BCUT2D eigenvalue weighted by Crippen LogP contribution is 2.27. The molecule has 1 aliphatic heterocycles. The van der Waals surface area contributed by atoms with E-state index in [0.717, 1.165) is 17.0 Å². The lowest BCUT2D eigenvalue weighted by Gasteiger charge is -2.30. The first-order valence-corrected chi connectivity index (χ1v) is 8.71. The van der Waals surface area contributed by atoms with Gasteiger partial charge in [0.05, 0.1) is 5.69 Å². The molecule has 1 aromatic heterocycles. The van der Waals surface area contributed by atoms with Crippen LogP contribution in [0.3, 0.4) is 0 Å². The van der Waals surface area contributed by atoms with Crippen LogP contribution in [-0.2, 0) is 4.79 Å². The van der Waals surface area contributed by atoms with Crippen molar-refractivity contribution in [2.75, 3.05) is 5.01 Å². The van der Waals surface area contributed by atoms with E-state index in [4.69, 9.17) is 4.42 Å². The van der Waals surface area contributed by atoms with Crippen LogP contribution in [0, 0.1) is 6.92 Å². The van der Waals surface area contributed by atoms with Crippen molar-refractivity contribution in [1.82, 2.24) is 5.43 Å². The fourth-order valence-electron chi connectivity index (χ4n) is 2.93. The molecule has 27 heavy (non-hydrogen) atoms. The van der Waals surface area contributed by atoms with Crippen LogP contribution >= 0.6 is 0 Å². The molecule has 0 saturated heterocycles. The first-order valence-electron chi connectivity index (χ1n) is 8.71. The Kier molecular flexibility index (Phi) is 4.34. The zero-order valence-electron chi connectivity index (χ0n) is 15.1. The van der Waals surface area contributed by atoms with Gasteiger partial charge < -0.3 is 4.42 Å². The van der Waals surface area contributed by atoms with Gasteiger partial charge in [-0.2, -0.15) is 0 Å². The number of para-hydroxylation sites is 1. The van der Waals surface area contributed by atoms with Gasteiger partial charge in [-0.3, -0.25) is 10.2 Å². The first kappa shape index (κ1) is 16.8. The minimum absolute atomic E-state index is 0.229. The summed E-state index contributed by atoms with van der Waals surface area (Å²) < 4.78 is 5.71. The predicted octanol–water partition coefficient (Wildman–Crippen LogP) is 4.32. The second-order valence-corrected chi connectivity index (χ2v) is 6.30. The van der Waals surface area contributed by atoms with Gasteiger partial charge in [-0.05, 0) is 38.1 Å². The van der Waals surface area contributed by atoms with Gasteiger partial charge in [0, 0.05) is 11.1 Å². The molecule has 3 aromatic rings. The molecule has 5 heteroatoms.